The first-order valence-electron chi connectivity index (χ1n) is 14.9. The van der Waals surface area contributed by atoms with Gasteiger partial charge in [-0.3, -0.25) is 9.59 Å². The van der Waals surface area contributed by atoms with E-state index in [1.165, 1.54) is 23.5 Å². The SMILES string of the molecule is COc1ccc(N2CCN(C(=O)c3csc(C4CCN(C(=O)c5ccccc5-c5ccc(C(F)(F)F)cc5)CC4)n3)CC2)cc1. The number of nitrogens with zero attached hydrogens (tertiary/aromatic N) is 4. The maximum atomic E-state index is 13.5. The highest BCUT2D eigenvalue weighted by molar-refractivity contribution is 7.09. The second-order valence-corrected chi connectivity index (χ2v) is 12.1. The first-order valence-corrected chi connectivity index (χ1v) is 15.8. The Morgan fingerprint density at radius 2 is 1.47 bits per heavy atom. The predicted molar refractivity (Wildman–Crippen MR) is 168 cm³/mol. The van der Waals surface area contributed by atoms with Crippen molar-refractivity contribution in [3.8, 4) is 16.9 Å². The van der Waals surface area contributed by atoms with E-state index in [2.05, 4.69) is 4.90 Å². The number of rotatable bonds is 6. The third kappa shape index (κ3) is 6.68. The number of alkyl halides is 3. The lowest BCUT2D eigenvalue weighted by atomic mass is 9.94. The number of methoxy groups -OCH3 is 1. The molecule has 2 saturated heterocycles. The molecule has 4 aromatic rings. The normalized spacial score (nSPS) is 16.1. The van der Waals surface area contributed by atoms with Crippen molar-refractivity contribution in [1.82, 2.24) is 14.8 Å². The molecule has 7 nitrogen and oxygen atoms in total. The lowest BCUT2D eigenvalue weighted by molar-refractivity contribution is -0.137. The number of piperazine rings is 1. The van der Waals surface area contributed by atoms with Crippen molar-refractivity contribution in [2.45, 2.75) is 24.9 Å². The molecule has 0 saturated carbocycles. The van der Waals surface area contributed by atoms with Crippen LogP contribution < -0.4 is 9.64 Å². The second-order valence-electron chi connectivity index (χ2n) is 11.2. The Balaban J connectivity index is 1.04. The predicted octanol–water partition coefficient (Wildman–Crippen LogP) is 6.82. The average Bonchev–Trinajstić information content (AvgIpc) is 3.58. The number of thiazole rings is 1. The minimum atomic E-state index is -4.42. The fourth-order valence-corrected chi connectivity index (χ4v) is 6.92. The molecule has 3 heterocycles. The summed E-state index contributed by atoms with van der Waals surface area (Å²) in [6.45, 7) is 3.77. The number of hydrogen-bond acceptors (Lipinski definition) is 6. The number of halogens is 3. The molecule has 11 heteroatoms. The number of hydrogen-bond donors (Lipinski definition) is 0. The van der Waals surface area contributed by atoms with E-state index in [-0.39, 0.29) is 17.7 Å². The zero-order valence-corrected chi connectivity index (χ0v) is 25.6. The topological polar surface area (TPSA) is 66.0 Å². The van der Waals surface area contributed by atoms with Crippen LogP contribution in [0.5, 0.6) is 5.75 Å². The summed E-state index contributed by atoms with van der Waals surface area (Å²) in [7, 11) is 1.64. The summed E-state index contributed by atoms with van der Waals surface area (Å²) >= 11 is 1.49. The van der Waals surface area contributed by atoms with Crippen LogP contribution in [0.25, 0.3) is 11.1 Å². The summed E-state index contributed by atoms with van der Waals surface area (Å²) in [5, 5.41) is 2.75. The van der Waals surface area contributed by atoms with E-state index >= 15 is 0 Å². The smallest absolute Gasteiger partial charge is 0.416 e. The number of amides is 2. The van der Waals surface area contributed by atoms with E-state index in [9.17, 15) is 22.8 Å². The largest absolute Gasteiger partial charge is 0.497 e. The van der Waals surface area contributed by atoms with Crippen LogP contribution >= 0.6 is 11.3 Å². The van der Waals surface area contributed by atoms with Crippen molar-refractivity contribution < 1.29 is 27.5 Å². The maximum Gasteiger partial charge on any atom is 0.416 e. The summed E-state index contributed by atoms with van der Waals surface area (Å²) in [6, 6.07) is 19.8. The van der Waals surface area contributed by atoms with Gasteiger partial charge >= 0.3 is 6.18 Å². The van der Waals surface area contributed by atoms with Crippen LogP contribution in [0.15, 0.2) is 78.2 Å². The molecule has 234 valence electrons. The molecule has 0 atom stereocenters. The Morgan fingerprint density at radius 1 is 0.822 bits per heavy atom. The van der Waals surface area contributed by atoms with Crippen molar-refractivity contribution in [2.75, 3.05) is 51.3 Å². The lowest BCUT2D eigenvalue weighted by Gasteiger charge is -2.35. The van der Waals surface area contributed by atoms with Crippen molar-refractivity contribution >= 4 is 28.8 Å². The van der Waals surface area contributed by atoms with E-state index in [0.29, 0.717) is 48.6 Å². The van der Waals surface area contributed by atoms with Gasteiger partial charge in [-0.25, -0.2) is 4.98 Å². The second kappa shape index (κ2) is 12.9. The molecule has 45 heavy (non-hydrogen) atoms. The minimum absolute atomic E-state index is 0.0561. The molecule has 2 amide bonds. The average molecular weight is 635 g/mol. The summed E-state index contributed by atoms with van der Waals surface area (Å²) in [5.74, 6) is 0.760. The number of benzene rings is 3. The van der Waals surface area contributed by atoms with E-state index in [1.54, 1.807) is 36.3 Å². The van der Waals surface area contributed by atoms with Crippen LogP contribution in [0.4, 0.5) is 18.9 Å². The number of aromatic nitrogens is 1. The van der Waals surface area contributed by atoms with Gasteiger partial charge in [0, 0.05) is 61.8 Å². The molecule has 0 aliphatic carbocycles. The molecular weight excluding hydrogens is 601 g/mol. The highest BCUT2D eigenvalue weighted by Gasteiger charge is 2.31. The number of carbonyl (C=O) groups excluding carboxylic acids is 2. The molecule has 0 radical (unpaired) electrons. The Labute approximate surface area is 263 Å². The molecule has 6 rings (SSSR count). The lowest BCUT2D eigenvalue weighted by Crippen LogP contribution is -2.48. The number of carbonyl (C=O) groups is 2. The Kier molecular flexibility index (Phi) is 8.80. The van der Waals surface area contributed by atoms with Crippen LogP contribution in [0, 0.1) is 0 Å². The fraction of sp³-hybridized carbons (Fsp3) is 0.324. The highest BCUT2D eigenvalue weighted by atomic mass is 32.1. The van der Waals surface area contributed by atoms with Crippen molar-refractivity contribution in [2.24, 2.45) is 0 Å². The number of likely N-dealkylation sites (tertiary alicyclic amines) is 1. The van der Waals surface area contributed by atoms with E-state index in [1.807, 2.05) is 34.5 Å². The summed E-state index contributed by atoms with van der Waals surface area (Å²) in [4.78, 5) is 37.4. The van der Waals surface area contributed by atoms with Crippen molar-refractivity contribution in [1.29, 1.82) is 0 Å². The quantitative estimate of drug-likeness (QED) is 0.233. The third-order valence-electron chi connectivity index (χ3n) is 8.56. The van der Waals surface area contributed by atoms with Crippen molar-refractivity contribution in [3.05, 3.63) is 100 Å². The molecule has 2 aliphatic rings. The van der Waals surface area contributed by atoms with Gasteiger partial charge < -0.3 is 19.4 Å². The molecule has 0 unspecified atom stereocenters. The van der Waals surface area contributed by atoms with Gasteiger partial charge in [0.2, 0.25) is 0 Å². The van der Waals surface area contributed by atoms with Gasteiger partial charge in [0.15, 0.2) is 0 Å². The molecule has 1 aromatic heterocycles. The third-order valence-corrected chi connectivity index (χ3v) is 9.56. The minimum Gasteiger partial charge on any atom is -0.497 e. The van der Waals surface area contributed by atoms with Crippen LogP contribution in [0.1, 0.15) is 50.2 Å². The van der Waals surface area contributed by atoms with E-state index < -0.39 is 11.7 Å². The van der Waals surface area contributed by atoms with Gasteiger partial charge in [-0.2, -0.15) is 13.2 Å². The fourth-order valence-electron chi connectivity index (χ4n) is 5.96. The molecule has 3 aromatic carbocycles. The molecule has 2 fully saturated rings. The van der Waals surface area contributed by atoms with Gasteiger partial charge in [0.25, 0.3) is 11.8 Å². The van der Waals surface area contributed by atoms with Crippen LogP contribution in [-0.4, -0.2) is 73.0 Å². The van der Waals surface area contributed by atoms with Gasteiger partial charge in [-0.15, -0.1) is 11.3 Å². The van der Waals surface area contributed by atoms with Gasteiger partial charge in [0.1, 0.15) is 11.4 Å². The Morgan fingerprint density at radius 3 is 2.11 bits per heavy atom. The van der Waals surface area contributed by atoms with Gasteiger partial charge in [0.05, 0.1) is 17.7 Å². The zero-order valence-electron chi connectivity index (χ0n) is 24.8. The molecule has 0 bridgehead atoms. The summed E-state index contributed by atoms with van der Waals surface area (Å²) in [5.41, 5.74) is 2.47. The molecule has 0 spiro atoms. The molecular formula is C34H33F3N4O3S. The summed E-state index contributed by atoms with van der Waals surface area (Å²) < 4.78 is 44.4. The number of piperidine rings is 1. The highest BCUT2D eigenvalue weighted by Crippen LogP contribution is 2.34. The van der Waals surface area contributed by atoms with Crippen LogP contribution in [-0.2, 0) is 6.18 Å². The first-order chi connectivity index (χ1) is 21.7. The standard InChI is InChI=1S/C34H33F3N4O3S/c1-44-27-12-10-26(11-13-27)39-18-20-41(21-19-39)33(43)30-22-45-31(38-30)24-14-16-40(17-15-24)32(42)29-5-3-2-4-28(29)23-6-8-25(9-7-23)34(35,36)37/h2-13,22,24H,14-21H2,1H3. The van der Waals surface area contributed by atoms with E-state index in [4.69, 9.17) is 9.72 Å². The zero-order chi connectivity index (χ0) is 31.6. The van der Waals surface area contributed by atoms with Crippen LogP contribution in [0.3, 0.4) is 0 Å². The monoisotopic (exact) mass is 634 g/mol. The summed E-state index contributed by atoms with van der Waals surface area (Å²) in [6.07, 6.45) is -2.98. The molecule has 2 aliphatic heterocycles. The van der Waals surface area contributed by atoms with Gasteiger partial charge in [-0.05, 0) is 66.4 Å². The Bertz CT molecular complexity index is 1640. The van der Waals surface area contributed by atoms with E-state index in [0.717, 1.165) is 54.5 Å². The maximum absolute atomic E-state index is 13.5. The number of anilines is 1. The first kappa shape index (κ1) is 30.6. The van der Waals surface area contributed by atoms with Crippen LogP contribution in [0.2, 0.25) is 0 Å². The number of ether oxygens (including phenoxy) is 1. The Hall–Kier alpha value is -4.38. The molecule has 0 N–H and O–H groups in total. The van der Waals surface area contributed by atoms with Gasteiger partial charge in [-0.1, -0.05) is 30.3 Å². The van der Waals surface area contributed by atoms with Crippen molar-refractivity contribution in [3.63, 3.8) is 0 Å².